The second kappa shape index (κ2) is 4.60. The van der Waals surface area contributed by atoms with Crippen LogP contribution < -0.4 is 9.47 Å². The van der Waals surface area contributed by atoms with E-state index in [-0.39, 0.29) is 0 Å². The van der Waals surface area contributed by atoms with Crippen LogP contribution in [0, 0.1) is 0 Å². The Labute approximate surface area is 89.6 Å². The highest BCUT2D eigenvalue weighted by Gasteiger charge is 2.10. The van der Waals surface area contributed by atoms with E-state index in [2.05, 4.69) is 18.7 Å². The molecular weight excluding hydrogens is 196 g/mol. The van der Waals surface area contributed by atoms with Gasteiger partial charge in [-0.1, -0.05) is 0 Å². The molecule has 0 bridgehead atoms. The van der Waals surface area contributed by atoms with Crippen LogP contribution in [0.3, 0.4) is 0 Å². The minimum Gasteiger partial charge on any atom is -0.493 e. The molecule has 0 atom stereocenters. The van der Waals surface area contributed by atoms with Crippen molar-refractivity contribution in [3.8, 4) is 11.5 Å². The van der Waals surface area contributed by atoms with Gasteiger partial charge < -0.3 is 9.47 Å². The summed E-state index contributed by atoms with van der Waals surface area (Å²) in [5.41, 5.74) is 1.26. The van der Waals surface area contributed by atoms with Crippen molar-refractivity contribution < 1.29 is 9.47 Å². The molecule has 0 aliphatic carbocycles. The van der Waals surface area contributed by atoms with Gasteiger partial charge in [0.15, 0.2) is 0 Å². The van der Waals surface area contributed by atoms with Crippen molar-refractivity contribution in [2.75, 3.05) is 19.0 Å². The van der Waals surface area contributed by atoms with E-state index in [4.69, 9.17) is 9.47 Å². The highest BCUT2D eigenvalue weighted by Crippen LogP contribution is 2.28. The van der Waals surface area contributed by atoms with Gasteiger partial charge in [-0.25, -0.2) is 0 Å². The van der Waals surface area contributed by atoms with Crippen molar-refractivity contribution in [2.45, 2.75) is 12.8 Å². The van der Waals surface area contributed by atoms with Gasteiger partial charge in [0.1, 0.15) is 11.5 Å². The van der Waals surface area contributed by atoms with Gasteiger partial charge in [-0.2, -0.15) is 12.6 Å². The molecule has 0 spiro atoms. The van der Waals surface area contributed by atoms with Crippen LogP contribution in [-0.2, 0) is 6.42 Å². The molecule has 1 heterocycles. The Morgan fingerprint density at radius 3 is 3.21 bits per heavy atom. The van der Waals surface area contributed by atoms with E-state index in [9.17, 15) is 0 Å². The van der Waals surface area contributed by atoms with Gasteiger partial charge >= 0.3 is 0 Å². The first kappa shape index (κ1) is 9.71. The number of hydrogen-bond donors (Lipinski definition) is 1. The molecule has 1 aromatic rings. The third kappa shape index (κ3) is 2.15. The van der Waals surface area contributed by atoms with Crippen LogP contribution in [0.1, 0.15) is 12.0 Å². The Morgan fingerprint density at radius 2 is 2.36 bits per heavy atom. The predicted octanol–water partition coefficient (Wildman–Crippen LogP) is 2.32. The van der Waals surface area contributed by atoms with Crippen molar-refractivity contribution in [1.29, 1.82) is 0 Å². The van der Waals surface area contributed by atoms with Crippen LogP contribution >= 0.6 is 12.6 Å². The van der Waals surface area contributed by atoms with Crippen LogP contribution in [0.15, 0.2) is 18.2 Å². The van der Waals surface area contributed by atoms with Gasteiger partial charge in [0.25, 0.3) is 0 Å². The van der Waals surface area contributed by atoms with E-state index in [1.165, 1.54) is 5.56 Å². The second-order valence-electron chi connectivity index (χ2n) is 3.29. The summed E-state index contributed by atoms with van der Waals surface area (Å²) in [6.07, 6.45) is 2.19. The highest BCUT2D eigenvalue weighted by atomic mass is 32.1. The van der Waals surface area contributed by atoms with Crippen LogP contribution in [0.4, 0.5) is 0 Å². The minimum atomic E-state index is 0.656. The number of rotatable bonds is 3. The van der Waals surface area contributed by atoms with Gasteiger partial charge in [-0.3, -0.25) is 0 Å². The number of ether oxygens (including phenoxy) is 2. The maximum absolute atomic E-state index is 5.51. The average molecular weight is 210 g/mol. The molecule has 0 radical (unpaired) electrons. The highest BCUT2D eigenvalue weighted by molar-refractivity contribution is 7.80. The normalized spacial score (nSPS) is 14.4. The maximum Gasteiger partial charge on any atom is 0.122 e. The number of benzene rings is 1. The van der Waals surface area contributed by atoms with Gasteiger partial charge in [0, 0.05) is 5.75 Å². The predicted molar refractivity (Wildman–Crippen MR) is 59.6 cm³/mol. The summed E-state index contributed by atoms with van der Waals surface area (Å²) in [5.74, 6) is 2.67. The molecule has 2 rings (SSSR count). The first-order valence-corrected chi connectivity index (χ1v) is 5.53. The third-order valence-corrected chi connectivity index (χ3v) is 2.42. The second-order valence-corrected chi connectivity index (χ2v) is 3.74. The molecule has 1 aliphatic rings. The summed E-state index contributed by atoms with van der Waals surface area (Å²) in [7, 11) is 0. The lowest BCUT2D eigenvalue weighted by Gasteiger charge is -2.17. The zero-order chi connectivity index (χ0) is 9.80. The van der Waals surface area contributed by atoms with Crippen LogP contribution in [-0.4, -0.2) is 19.0 Å². The van der Waals surface area contributed by atoms with Gasteiger partial charge in [0.05, 0.1) is 13.2 Å². The van der Waals surface area contributed by atoms with Crippen molar-refractivity contribution in [1.82, 2.24) is 0 Å². The van der Waals surface area contributed by atoms with Crippen molar-refractivity contribution >= 4 is 12.6 Å². The number of aryl methyl sites for hydroxylation is 1. The Balaban J connectivity index is 2.12. The Morgan fingerprint density at radius 1 is 1.43 bits per heavy atom. The summed E-state index contributed by atoms with van der Waals surface area (Å²) < 4.78 is 11.0. The molecule has 0 unspecified atom stereocenters. The monoisotopic (exact) mass is 210 g/mol. The summed E-state index contributed by atoms with van der Waals surface area (Å²) in [5, 5.41) is 0. The van der Waals surface area contributed by atoms with Crippen LogP contribution in [0.2, 0.25) is 0 Å². The molecule has 0 saturated carbocycles. The summed E-state index contributed by atoms with van der Waals surface area (Å²) in [6, 6.07) is 6.01. The molecule has 2 nitrogen and oxygen atoms in total. The summed E-state index contributed by atoms with van der Waals surface area (Å²) >= 11 is 4.10. The number of thiol groups is 1. The molecule has 1 aliphatic heterocycles. The summed E-state index contributed by atoms with van der Waals surface area (Å²) in [6.45, 7) is 1.49. The minimum absolute atomic E-state index is 0.656. The molecular formula is C11H14O2S. The Hall–Kier alpha value is -0.830. The first-order valence-electron chi connectivity index (χ1n) is 4.89. The van der Waals surface area contributed by atoms with E-state index in [1.807, 2.05) is 12.1 Å². The fraction of sp³-hybridized carbons (Fsp3) is 0.455. The zero-order valence-electron chi connectivity index (χ0n) is 8.03. The van der Waals surface area contributed by atoms with E-state index >= 15 is 0 Å². The number of fused-ring (bicyclic) bond motifs is 1. The van der Waals surface area contributed by atoms with Crippen molar-refractivity contribution in [3.05, 3.63) is 23.8 Å². The van der Waals surface area contributed by atoms with Gasteiger partial charge in [-0.15, -0.1) is 0 Å². The molecule has 1 aromatic carbocycles. The lowest BCUT2D eigenvalue weighted by Crippen LogP contribution is -2.08. The van der Waals surface area contributed by atoms with Gasteiger partial charge in [0.2, 0.25) is 0 Å². The van der Waals surface area contributed by atoms with Gasteiger partial charge in [-0.05, 0) is 36.6 Å². The lowest BCUT2D eigenvalue weighted by atomic mass is 10.1. The standard InChI is InChI=1S/C11H14O2S/c14-7-6-12-10-3-4-11-9(8-10)2-1-5-13-11/h3-4,8,14H,1-2,5-7H2. The molecule has 3 heteroatoms. The SMILES string of the molecule is SCCOc1ccc2c(c1)CCCO2. The molecule has 0 saturated heterocycles. The van der Waals surface area contributed by atoms with E-state index in [1.54, 1.807) is 0 Å². The quantitative estimate of drug-likeness (QED) is 0.772. The Kier molecular flexibility index (Phi) is 3.19. The van der Waals surface area contributed by atoms with E-state index in [0.717, 1.165) is 36.7 Å². The Bertz CT molecular complexity index is 312. The number of hydrogen-bond acceptors (Lipinski definition) is 3. The smallest absolute Gasteiger partial charge is 0.122 e. The molecule has 0 fully saturated rings. The van der Waals surface area contributed by atoms with E-state index < -0.39 is 0 Å². The third-order valence-electron chi connectivity index (χ3n) is 2.24. The fourth-order valence-electron chi connectivity index (χ4n) is 1.59. The maximum atomic E-state index is 5.51. The average Bonchev–Trinajstić information content (AvgIpc) is 2.26. The van der Waals surface area contributed by atoms with E-state index in [0.29, 0.717) is 6.61 Å². The van der Waals surface area contributed by atoms with Crippen LogP contribution in [0.5, 0.6) is 11.5 Å². The molecule has 0 aromatic heterocycles. The zero-order valence-corrected chi connectivity index (χ0v) is 8.93. The molecule has 14 heavy (non-hydrogen) atoms. The summed E-state index contributed by atoms with van der Waals surface area (Å²) in [4.78, 5) is 0. The molecule has 0 amide bonds. The molecule has 0 N–H and O–H groups in total. The topological polar surface area (TPSA) is 18.5 Å². The molecule has 76 valence electrons. The largest absolute Gasteiger partial charge is 0.493 e. The van der Waals surface area contributed by atoms with Crippen molar-refractivity contribution in [3.63, 3.8) is 0 Å². The van der Waals surface area contributed by atoms with Crippen molar-refractivity contribution in [2.24, 2.45) is 0 Å². The van der Waals surface area contributed by atoms with Crippen LogP contribution in [0.25, 0.3) is 0 Å². The fourth-order valence-corrected chi connectivity index (χ4v) is 1.68. The first-order chi connectivity index (χ1) is 6.90. The lowest BCUT2D eigenvalue weighted by molar-refractivity contribution is 0.286.